The maximum atomic E-state index is 9.22. The van der Waals surface area contributed by atoms with Gasteiger partial charge in [0.25, 0.3) is 0 Å². The van der Waals surface area contributed by atoms with Crippen LogP contribution in [0.4, 0.5) is 0 Å². The topological polar surface area (TPSA) is 46.2 Å². The van der Waals surface area contributed by atoms with E-state index in [4.69, 9.17) is 0 Å². The highest BCUT2D eigenvalue weighted by Crippen LogP contribution is 1.50. The third kappa shape index (κ3) is 4.26. The standard InChI is InChI=1S/H3NO2S2/c2-5(3)1-4/h4-5H,(H,1,2,3). The summed E-state index contributed by atoms with van der Waals surface area (Å²) < 4.78 is 20.1. The van der Waals surface area contributed by atoms with Gasteiger partial charge in [0.05, 0.1) is 0 Å². The van der Waals surface area contributed by atoms with E-state index in [1.165, 1.54) is 0 Å². The van der Waals surface area contributed by atoms with E-state index in [9.17, 15) is 8.42 Å². The predicted octanol–water partition coefficient (Wildman–Crippen LogP) is -1.05. The molecule has 5 heavy (non-hydrogen) atoms. The molecule has 32 valence electrons. The summed E-state index contributed by atoms with van der Waals surface area (Å²) >= 11 is 3.17. The zero-order chi connectivity index (χ0) is 4.28. The normalized spacial score (nSPS) is 9.20. The average Bonchev–Trinajstić information content (AvgIpc) is 1.38. The van der Waals surface area contributed by atoms with Crippen molar-refractivity contribution in [1.82, 2.24) is 4.13 Å². The van der Waals surface area contributed by atoms with Gasteiger partial charge in [0.15, 0.2) is 0 Å². The Bertz CT molecular complexity index is 65.7. The molecule has 0 aromatic carbocycles. The molecule has 0 unspecified atom stereocenters. The number of hydrogen-bond donors (Lipinski definition) is 3. The Balaban J connectivity index is 3.23. The lowest BCUT2D eigenvalue weighted by atomic mass is 13.9. The Labute approximate surface area is 37.0 Å². The number of hydrogen-bond acceptors (Lipinski definition) is 3. The molecule has 3 nitrogen and oxygen atoms in total. The summed E-state index contributed by atoms with van der Waals surface area (Å²) in [7, 11) is -2.48. The lowest BCUT2D eigenvalue weighted by molar-refractivity contribution is 0.613. The molecule has 0 bridgehead atoms. The van der Waals surface area contributed by atoms with Crippen LogP contribution in [0.25, 0.3) is 0 Å². The summed E-state index contributed by atoms with van der Waals surface area (Å²) in [5.41, 5.74) is 0. The van der Waals surface area contributed by atoms with Crippen molar-refractivity contribution < 1.29 is 8.42 Å². The summed E-state index contributed by atoms with van der Waals surface area (Å²) in [6, 6.07) is 0. The minimum absolute atomic E-state index is 1.68. The molecule has 0 saturated heterocycles. The maximum Gasteiger partial charge on any atom is 0.210 e. The van der Waals surface area contributed by atoms with Crippen LogP contribution in [-0.2, 0) is 10.9 Å². The lowest BCUT2D eigenvalue weighted by Crippen LogP contribution is -1.90. The van der Waals surface area contributed by atoms with Gasteiger partial charge in [-0.05, 0) is 0 Å². The van der Waals surface area contributed by atoms with E-state index in [1.807, 2.05) is 0 Å². The van der Waals surface area contributed by atoms with Crippen molar-refractivity contribution in [2.75, 3.05) is 0 Å². The lowest BCUT2D eigenvalue weighted by Gasteiger charge is -1.65. The molecule has 0 fully saturated rings. The Morgan fingerprint density at radius 2 is 1.80 bits per heavy atom. The molecule has 0 rings (SSSR count). The van der Waals surface area contributed by atoms with E-state index >= 15 is 0 Å². The van der Waals surface area contributed by atoms with Gasteiger partial charge in [0.1, 0.15) is 0 Å². The molecule has 0 heterocycles. The summed E-state index contributed by atoms with van der Waals surface area (Å²) in [4.78, 5) is 0. The van der Waals surface area contributed by atoms with E-state index in [2.05, 4.69) is 12.8 Å². The van der Waals surface area contributed by atoms with Crippen molar-refractivity contribution >= 4 is 23.7 Å². The van der Waals surface area contributed by atoms with Gasteiger partial charge in [-0.25, -0.2) is 8.42 Å². The maximum absolute atomic E-state index is 9.22. The smallest absolute Gasteiger partial charge is 0.210 e. The first-order valence-electron chi connectivity index (χ1n) is 0.812. The highest BCUT2D eigenvalue weighted by molar-refractivity contribution is 7.90. The van der Waals surface area contributed by atoms with Gasteiger partial charge in [0, 0.05) is 0 Å². The second kappa shape index (κ2) is 2.49. The van der Waals surface area contributed by atoms with Crippen LogP contribution in [0.1, 0.15) is 0 Å². The van der Waals surface area contributed by atoms with Gasteiger partial charge in [-0.15, -0.1) is 0 Å². The Morgan fingerprint density at radius 3 is 1.80 bits per heavy atom. The van der Waals surface area contributed by atoms with Crippen LogP contribution < -0.4 is 4.13 Å². The molecule has 0 aliphatic carbocycles. The van der Waals surface area contributed by atoms with Gasteiger partial charge in [0.2, 0.25) is 10.9 Å². The zero-order valence-corrected chi connectivity index (χ0v) is 4.00. The first-order valence-corrected chi connectivity index (χ1v) is 2.44. The van der Waals surface area contributed by atoms with E-state index in [0.29, 0.717) is 0 Å². The minimum atomic E-state index is -2.48. The van der Waals surface area contributed by atoms with Crippen LogP contribution in [0.5, 0.6) is 0 Å². The van der Waals surface area contributed by atoms with Crippen LogP contribution in [0.15, 0.2) is 0 Å². The molecule has 0 amide bonds. The third-order valence-corrected chi connectivity index (χ3v) is 0.735. The highest BCUT2D eigenvalue weighted by Gasteiger charge is 1.61. The van der Waals surface area contributed by atoms with Crippen molar-refractivity contribution in [3.05, 3.63) is 0 Å². The van der Waals surface area contributed by atoms with Crippen LogP contribution in [0.3, 0.4) is 0 Å². The van der Waals surface area contributed by atoms with Gasteiger partial charge < -0.3 is 0 Å². The molecule has 0 aliphatic rings. The number of rotatable bonds is 1. The zero-order valence-electron chi connectivity index (χ0n) is 2.21. The molecule has 5 heteroatoms. The number of thiol groups is 2. The molecule has 1 N–H and O–H groups in total. The van der Waals surface area contributed by atoms with Crippen molar-refractivity contribution in [3.63, 3.8) is 0 Å². The molecule has 0 aromatic rings. The second-order valence-electron chi connectivity index (χ2n) is 0.357. The highest BCUT2D eigenvalue weighted by atomic mass is 32.2. The van der Waals surface area contributed by atoms with Gasteiger partial charge in [-0.2, -0.15) is 4.13 Å². The van der Waals surface area contributed by atoms with E-state index in [1.54, 1.807) is 4.13 Å². The van der Waals surface area contributed by atoms with E-state index in [-0.39, 0.29) is 0 Å². The molecule has 0 radical (unpaired) electrons. The Kier molecular flexibility index (Phi) is 2.62. The quantitative estimate of drug-likeness (QED) is 0.380. The molecule has 0 saturated carbocycles. The Morgan fingerprint density at radius 1 is 1.60 bits per heavy atom. The molecule has 0 aliphatic heterocycles. The van der Waals surface area contributed by atoms with Crippen molar-refractivity contribution in [2.45, 2.75) is 0 Å². The fourth-order valence-electron chi connectivity index (χ4n) is 0. The largest absolute Gasteiger partial charge is 0.215 e. The fourth-order valence-corrected chi connectivity index (χ4v) is 0. The summed E-state index contributed by atoms with van der Waals surface area (Å²) in [6.07, 6.45) is 0. The van der Waals surface area contributed by atoms with Crippen molar-refractivity contribution in [3.8, 4) is 0 Å². The predicted molar refractivity (Wildman–Crippen MR) is 22.4 cm³/mol. The third-order valence-electron chi connectivity index (χ3n) is 0.0816. The van der Waals surface area contributed by atoms with Crippen LogP contribution >= 0.6 is 12.8 Å². The second-order valence-corrected chi connectivity index (χ2v) is 1.67. The SMILES string of the molecule is O=[SH](=O)NS. The first kappa shape index (κ1) is 5.26. The number of nitrogens with one attached hydrogen (secondary N) is 1. The average molecular weight is 113 g/mol. The van der Waals surface area contributed by atoms with Crippen molar-refractivity contribution in [1.29, 1.82) is 0 Å². The summed E-state index contributed by atoms with van der Waals surface area (Å²) in [6.45, 7) is 0. The van der Waals surface area contributed by atoms with Gasteiger partial charge in [-0.3, -0.25) is 0 Å². The minimum Gasteiger partial charge on any atom is -0.215 e. The Hall–Kier alpha value is 0.260. The fraction of sp³-hybridized carbons (Fsp3) is 0. The van der Waals surface area contributed by atoms with Crippen LogP contribution in [-0.4, -0.2) is 8.42 Å². The molecular formula is H3NO2S2. The van der Waals surface area contributed by atoms with Gasteiger partial charge in [-0.1, -0.05) is 12.8 Å². The monoisotopic (exact) mass is 113 g/mol. The molecule has 0 atom stereocenters. The summed E-state index contributed by atoms with van der Waals surface area (Å²) in [5, 5.41) is 0. The summed E-state index contributed by atoms with van der Waals surface area (Å²) in [5.74, 6) is 0. The van der Waals surface area contributed by atoms with E-state index < -0.39 is 10.9 Å². The van der Waals surface area contributed by atoms with Gasteiger partial charge >= 0.3 is 0 Å². The van der Waals surface area contributed by atoms with Crippen molar-refractivity contribution in [2.24, 2.45) is 0 Å². The van der Waals surface area contributed by atoms with Crippen LogP contribution in [0.2, 0.25) is 0 Å². The molecule has 0 spiro atoms. The van der Waals surface area contributed by atoms with Crippen LogP contribution in [0, 0.1) is 0 Å². The molecular weight excluding hydrogens is 110 g/mol. The molecule has 0 aromatic heterocycles. The van der Waals surface area contributed by atoms with E-state index in [0.717, 1.165) is 0 Å². The first-order chi connectivity index (χ1) is 2.27.